The van der Waals surface area contributed by atoms with Gasteiger partial charge in [-0.05, 0) is 40.8 Å². The van der Waals surface area contributed by atoms with E-state index in [9.17, 15) is 0 Å². The van der Waals surface area contributed by atoms with Crippen LogP contribution in [0.15, 0.2) is 22.7 Å². The summed E-state index contributed by atoms with van der Waals surface area (Å²) >= 11 is 11.8. The zero-order valence-electron chi connectivity index (χ0n) is 11.3. The Hall–Kier alpha value is -0.400. The van der Waals surface area contributed by atoms with Crippen LogP contribution in [-0.4, -0.2) is 9.97 Å². The Bertz CT molecular complexity index is 668. The molecule has 0 aliphatic heterocycles. The fraction of sp³-hybridized carbons (Fsp3) is 0.286. The van der Waals surface area contributed by atoms with Crippen LogP contribution >= 0.6 is 50.1 Å². The molecule has 1 aromatic heterocycles. The van der Waals surface area contributed by atoms with Crippen molar-refractivity contribution in [2.24, 2.45) is 0 Å². The van der Waals surface area contributed by atoms with Gasteiger partial charge in [0.1, 0.15) is 5.82 Å². The van der Waals surface area contributed by atoms with Crippen molar-refractivity contribution in [2.75, 3.05) is 5.73 Å². The maximum atomic E-state index is 6.06. The minimum Gasteiger partial charge on any atom is -0.383 e. The molecule has 20 heavy (non-hydrogen) atoms. The van der Waals surface area contributed by atoms with Crippen LogP contribution < -0.4 is 5.73 Å². The van der Waals surface area contributed by atoms with Crippen LogP contribution in [0.25, 0.3) is 11.4 Å². The van der Waals surface area contributed by atoms with Gasteiger partial charge >= 0.3 is 0 Å². The molecule has 0 saturated heterocycles. The zero-order chi connectivity index (χ0) is 15.1. The number of aromatic nitrogens is 2. The topological polar surface area (TPSA) is 51.8 Å². The summed E-state index contributed by atoms with van der Waals surface area (Å²) in [6.07, 6.45) is 0. The van der Waals surface area contributed by atoms with Crippen molar-refractivity contribution in [3.05, 3.63) is 37.0 Å². The molecule has 106 valence electrons. The molecule has 1 heterocycles. The predicted octanol–water partition coefficient (Wildman–Crippen LogP) is 5.04. The maximum absolute atomic E-state index is 6.06. The van der Waals surface area contributed by atoms with Crippen molar-refractivity contribution in [1.82, 2.24) is 9.97 Å². The maximum Gasteiger partial charge on any atom is 0.163 e. The van der Waals surface area contributed by atoms with Gasteiger partial charge in [-0.2, -0.15) is 0 Å². The summed E-state index contributed by atoms with van der Waals surface area (Å²) in [5.41, 5.74) is 7.71. The third-order valence-corrected chi connectivity index (χ3v) is 4.75. The van der Waals surface area contributed by atoms with Crippen molar-refractivity contribution in [3.63, 3.8) is 0 Å². The van der Waals surface area contributed by atoms with E-state index < -0.39 is 0 Å². The highest BCUT2D eigenvalue weighted by Gasteiger charge is 2.23. The first kappa shape index (κ1) is 16.0. The molecule has 0 aliphatic carbocycles. The molecular formula is C14H14BrClIN3. The van der Waals surface area contributed by atoms with Crippen LogP contribution in [0.1, 0.15) is 26.5 Å². The molecule has 0 fully saturated rings. The Morgan fingerprint density at radius 2 is 1.90 bits per heavy atom. The van der Waals surface area contributed by atoms with Crippen LogP contribution in [-0.2, 0) is 5.41 Å². The van der Waals surface area contributed by atoms with Gasteiger partial charge in [0.05, 0.1) is 9.26 Å². The highest BCUT2D eigenvalue weighted by atomic mass is 127. The molecule has 0 radical (unpaired) electrons. The number of nitrogens with zero attached hydrogens (tertiary/aromatic N) is 2. The summed E-state index contributed by atoms with van der Waals surface area (Å²) < 4.78 is 1.79. The van der Waals surface area contributed by atoms with E-state index in [1.165, 1.54) is 0 Å². The van der Waals surface area contributed by atoms with Crippen molar-refractivity contribution in [1.29, 1.82) is 0 Å². The highest BCUT2D eigenvalue weighted by Crippen LogP contribution is 2.33. The predicted molar refractivity (Wildman–Crippen MR) is 96.0 cm³/mol. The van der Waals surface area contributed by atoms with Gasteiger partial charge in [0.2, 0.25) is 0 Å². The van der Waals surface area contributed by atoms with Gasteiger partial charge in [-0.3, -0.25) is 0 Å². The third kappa shape index (κ3) is 3.26. The quantitative estimate of drug-likeness (QED) is 0.599. The number of nitrogen functional groups attached to an aromatic ring is 1. The summed E-state index contributed by atoms with van der Waals surface area (Å²) in [6.45, 7) is 6.31. The fourth-order valence-electron chi connectivity index (χ4n) is 1.75. The average Bonchev–Trinajstić information content (AvgIpc) is 2.34. The van der Waals surface area contributed by atoms with E-state index in [0.717, 1.165) is 19.3 Å². The summed E-state index contributed by atoms with van der Waals surface area (Å²) in [7, 11) is 0. The molecule has 6 heteroatoms. The molecule has 1 aromatic carbocycles. The van der Waals surface area contributed by atoms with Crippen LogP contribution in [0.2, 0.25) is 5.02 Å². The SMILES string of the molecule is CC(C)(C)c1nc(-c2cc(Cl)ccc2Br)nc(N)c1I. The van der Waals surface area contributed by atoms with Crippen LogP contribution in [0.5, 0.6) is 0 Å². The van der Waals surface area contributed by atoms with E-state index in [0.29, 0.717) is 16.7 Å². The zero-order valence-corrected chi connectivity index (χ0v) is 15.8. The van der Waals surface area contributed by atoms with Crippen LogP contribution in [0, 0.1) is 3.57 Å². The fourth-order valence-corrected chi connectivity index (χ4v) is 3.40. The normalized spacial score (nSPS) is 11.7. The van der Waals surface area contributed by atoms with E-state index in [-0.39, 0.29) is 5.41 Å². The highest BCUT2D eigenvalue weighted by molar-refractivity contribution is 14.1. The summed E-state index contributed by atoms with van der Waals surface area (Å²) in [4.78, 5) is 9.08. The molecule has 0 bridgehead atoms. The van der Waals surface area contributed by atoms with Gasteiger partial charge in [-0.1, -0.05) is 48.3 Å². The van der Waals surface area contributed by atoms with E-state index in [1.54, 1.807) is 0 Å². The average molecular weight is 467 g/mol. The second-order valence-electron chi connectivity index (χ2n) is 5.47. The Morgan fingerprint density at radius 3 is 2.50 bits per heavy atom. The van der Waals surface area contributed by atoms with Gasteiger partial charge in [0.15, 0.2) is 5.82 Å². The number of rotatable bonds is 1. The molecule has 0 unspecified atom stereocenters. The molecule has 0 aliphatic rings. The molecule has 3 nitrogen and oxygen atoms in total. The van der Waals surface area contributed by atoms with Crippen molar-refractivity contribution in [3.8, 4) is 11.4 Å². The molecular weight excluding hydrogens is 452 g/mol. The lowest BCUT2D eigenvalue weighted by Gasteiger charge is -2.21. The number of halogens is 3. The van der Waals surface area contributed by atoms with Gasteiger partial charge in [-0.25, -0.2) is 9.97 Å². The smallest absolute Gasteiger partial charge is 0.163 e. The number of nitrogens with two attached hydrogens (primary N) is 1. The first-order valence-corrected chi connectivity index (χ1v) is 8.24. The van der Waals surface area contributed by atoms with Crippen molar-refractivity contribution >= 4 is 55.9 Å². The second-order valence-corrected chi connectivity index (χ2v) is 7.84. The molecule has 0 atom stereocenters. The minimum absolute atomic E-state index is 0.104. The van der Waals surface area contributed by atoms with Gasteiger partial charge in [-0.15, -0.1) is 0 Å². The number of anilines is 1. The van der Waals surface area contributed by atoms with E-state index in [2.05, 4.69) is 69.3 Å². The molecule has 0 spiro atoms. The van der Waals surface area contributed by atoms with Gasteiger partial charge in [0.25, 0.3) is 0 Å². The van der Waals surface area contributed by atoms with E-state index in [1.807, 2.05) is 18.2 Å². The third-order valence-electron chi connectivity index (χ3n) is 2.76. The van der Waals surface area contributed by atoms with Gasteiger partial charge in [0, 0.05) is 20.5 Å². The Morgan fingerprint density at radius 1 is 1.25 bits per heavy atom. The lowest BCUT2D eigenvalue weighted by molar-refractivity contribution is 0.564. The summed E-state index contributed by atoms with van der Waals surface area (Å²) in [5, 5.41) is 0.640. The first-order valence-electron chi connectivity index (χ1n) is 5.99. The van der Waals surface area contributed by atoms with Gasteiger partial charge < -0.3 is 5.73 Å². The Balaban J connectivity index is 2.70. The first-order chi connectivity index (χ1) is 9.20. The largest absolute Gasteiger partial charge is 0.383 e. The van der Waals surface area contributed by atoms with Crippen molar-refractivity contribution < 1.29 is 0 Å². The summed E-state index contributed by atoms with van der Waals surface area (Å²) in [5.74, 6) is 1.08. The van der Waals surface area contributed by atoms with Crippen LogP contribution in [0.3, 0.4) is 0 Å². The monoisotopic (exact) mass is 465 g/mol. The van der Waals surface area contributed by atoms with Crippen molar-refractivity contribution in [2.45, 2.75) is 26.2 Å². The Kier molecular flexibility index (Phi) is 4.61. The Labute approximate surface area is 145 Å². The molecule has 0 amide bonds. The minimum atomic E-state index is -0.104. The second kappa shape index (κ2) is 5.77. The van der Waals surface area contributed by atoms with E-state index in [4.69, 9.17) is 17.3 Å². The van der Waals surface area contributed by atoms with E-state index >= 15 is 0 Å². The number of hydrogen-bond donors (Lipinski definition) is 1. The number of hydrogen-bond acceptors (Lipinski definition) is 3. The lowest BCUT2D eigenvalue weighted by Crippen LogP contribution is -2.18. The number of benzene rings is 1. The lowest BCUT2D eigenvalue weighted by atomic mass is 9.92. The molecule has 2 aromatic rings. The molecule has 2 rings (SSSR count). The molecule has 0 saturated carbocycles. The standard InChI is InChI=1S/C14H14BrClIN3/c1-14(2,3)11-10(17)12(18)20-13(19-11)8-6-7(16)4-5-9(8)15/h4-6H,1-3H3,(H2,18,19,20). The molecule has 2 N–H and O–H groups in total. The van der Waals surface area contributed by atoms with Crippen LogP contribution in [0.4, 0.5) is 5.82 Å². The summed E-state index contributed by atoms with van der Waals surface area (Å²) in [6, 6.07) is 5.53.